The minimum absolute atomic E-state index is 0.0202. The van der Waals surface area contributed by atoms with Gasteiger partial charge < -0.3 is 20.5 Å². The highest BCUT2D eigenvalue weighted by molar-refractivity contribution is 5.77. The minimum Gasteiger partial charge on any atom is -0.494 e. The number of ether oxygens (including phenoxy) is 2. The zero-order valence-corrected chi connectivity index (χ0v) is 16.5. The van der Waals surface area contributed by atoms with Crippen molar-refractivity contribution in [2.45, 2.75) is 37.6 Å². The summed E-state index contributed by atoms with van der Waals surface area (Å²) >= 11 is 0. The molecule has 0 radical (unpaired) electrons. The van der Waals surface area contributed by atoms with Gasteiger partial charge in [0.2, 0.25) is 5.91 Å². The number of nitrogens with one attached hydrogen (secondary N) is 1. The molecule has 0 aliphatic carbocycles. The van der Waals surface area contributed by atoms with Gasteiger partial charge in [-0.15, -0.1) is 0 Å². The monoisotopic (exact) mass is 382 g/mol. The molecule has 0 spiro atoms. The Bertz CT molecular complexity index is 740. The first-order valence-corrected chi connectivity index (χ1v) is 10.0. The molecule has 1 atom stereocenters. The van der Waals surface area contributed by atoms with Crippen LogP contribution in [0.3, 0.4) is 0 Å². The molecule has 5 heteroatoms. The quantitative estimate of drug-likeness (QED) is 0.734. The van der Waals surface area contributed by atoms with Gasteiger partial charge in [-0.05, 0) is 43.0 Å². The first kappa shape index (κ1) is 20.4. The Morgan fingerprint density at radius 1 is 1.14 bits per heavy atom. The van der Waals surface area contributed by atoms with Gasteiger partial charge in [0.05, 0.1) is 6.61 Å². The molecule has 1 unspecified atom stereocenters. The van der Waals surface area contributed by atoms with E-state index in [9.17, 15) is 4.79 Å². The molecule has 28 heavy (non-hydrogen) atoms. The first-order chi connectivity index (χ1) is 13.6. The third-order valence-electron chi connectivity index (χ3n) is 5.48. The van der Waals surface area contributed by atoms with E-state index in [2.05, 4.69) is 17.4 Å². The van der Waals surface area contributed by atoms with Gasteiger partial charge in [0.15, 0.2) is 0 Å². The molecular weight excluding hydrogens is 352 g/mol. The zero-order valence-electron chi connectivity index (χ0n) is 16.5. The van der Waals surface area contributed by atoms with Crippen LogP contribution in [-0.4, -0.2) is 32.3 Å². The van der Waals surface area contributed by atoms with E-state index in [0.29, 0.717) is 26.4 Å². The fourth-order valence-electron chi connectivity index (χ4n) is 3.76. The second kappa shape index (κ2) is 9.71. The van der Waals surface area contributed by atoms with E-state index in [4.69, 9.17) is 15.2 Å². The maximum atomic E-state index is 12.5. The van der Waals surface area contributed by atoms with Crippen LogP contribution in [0.2, 0.25) is 0 Å². The molecule has 0 saturated carbocycles. The summed E-state index contributed by atoms with van der Waals surface area (Å²) in [6.45, 7) is 4.61. The summed E-state index contributed by atoms with van der Waals surface area (Å²) in [5, 5.41) is 3.13. The SMILES string of the molecule is CCOc1ccc(C2(CNC(=O)CC(N)c3ccccc3)CCOCC2)cc1. The summed E-state index contributed by atoms with van der Waals surface area (Å²) in [6, 6.07) is 17.7. The van der Waals surface area contributed by atoms with Gasteiger partial charge in [-0.1, -0.05) is 42.5 Å². The van der Waals surface area contributed by atoms with Gasteiger partial charge in [0.1, 0.15) is 5.75 Å². The van der Waals surface area contributed by atoms with Crippen LogP contribution < -0.4 is 15.8 Å². The maximum Gasteiger partial charge on any atom is 0.221 e. The third kappa shape index (κ3) is 5.12. The summed E-state index contributed by atoms with van der Waals surface area (Å²) < 4.78 is 11.1. The van der Waals surface area contributed by atoms with Crippen LogP contribution in [-0.2, 0) is 14.9 Å². The number of hydrogen-bond donors (Lipinski definition) is 2. The average molecular weight is 383 g/mol. The minimum atomic E-state index is -0.294. The molecule has 3 N–H and O–H groups in total. The number of nitrogens with two attached hydrogens (primary N) is 1. The van der Waals surface area contributed by atoms with Crippen molar-refractivity contribution in [2.75, 3.05) is 26.4 Å². The second-order valence-corrected chi connectivity index (χ2v) is 7.35. The number of carbonyl (C=O) groups is 1. The predicted octanol–water partition coefficient (Wildman–Crippen LogP) is 3.34. The van der Waals surface area contributed by atoms with Crippen LogP contribution in [0.25, 0.3) is 0 Å². The fraction of sp³-hybridized carbons (Fsp3) is 0.435. The molecule has 1 fully saturated rings. The predicted molar refractivity (Wildman–Crippen MR) is 110 cm³/mol. The zero-order chi connectivity index (χ0) is 19.8. The Balaban J connectivity index is 1.64. The lowest BCUT2D eigenvalue weighted by Crippen LogP contribution is -2.45. The number of benzene rings is 2. The van der Waals surface area contributed by atoms with Crippen molar-refractivity contribution >= 4 is 5.91 Å². The normalized spacial score (nSPS) is 16.9. The van der Waals surface area contributed by atoms with Gasteiger partial charge in [-0.25, -0.2) is 0 Å². The molecule has 1 aliphatic rings. The van der Waals surface area contributed by atoms with Crippen molar-refractivity contribution in [3.8, 4) is 5.75 Å². The fourth-order valence-corrected chi connectivity index (χ4v) is 3.76. The second-order valence-electron chi connectivity index (χ2n) is 7.35. The number of hydrogen-bond acceptors (Lipinski definition) is 4. The van der Waals surface area contributed by atoms with Crippen LogP contribution >= 0.6 is 0 Å². The third-order valence-corrected chi connectivity index (χ3v) is 5.48. The molecule has 1 heterocycles. The lowest BCUT2D eigenvalue weighted by Gasteiger charge is -2.38. The van der Waals surface area contributed by atoms with Gasteiger partial charge in [0, 0.05) is 37.6 Å². The number of amides is 1. The Morgan fingerprint density at radius 2 is 1.82 bits per heavy atom. The van der Waals surface area contributed by atoms with Crippen LogP contribution in [0.4, 0.5) is 0 Å². The molecule has 1 amide bonds. The highest BCUT2D eigenvalue weighted by Crippen LogP contribution is 2.35. The highest BCUT2D eigenvalue weighted by atomic mass is 16.5. The van der Waals surface area contributed by atoms with Crippen molar-refractivity contribution < 1.29 is 14.3 Å². The van der Waals surface area contributed by atoms with Gasteiger partial charge in [0.25, 0.3) is 0 Å². The Labute approximate surface area is 167 Å². The van der Waals surface area contributed by atoms with E-state index >= 15 is 0 Å². The molecule has 1 saturated heterocycles. The van der Waals surface area contributed by atoms with E-state index in [1.807, 2.05) is 49.4 Å². The molecule has 5 nitrogen and oxygen atoms in total. The van der Waals surface area contributed by atoms with Crippen LogP contribution in [0.1, 0.15) is 43.4 Å². The van der Waals surface area contributed by atoms with Crippen LogP contribution in [0, 0.1) is 0 Å². The van der Waals surface area contributed by atoms with E-state index in [0.717, 1.165) is 24.2 Å². The van der Waals surface area contributed by atoms with Crippen molar-refractivity contribution in [2.24, 2.45) is 5.73 Å². The summed E-state index contributed by atoms with van der Waals surface area (Å²) in [6.07, 6.45) is 2.04. The number of rotatable bonds is 8. The Hall–Kier alpha value is -2.37. The van der Waals surface area contributed by atoms with E-state index in [-0.39, 0.29) is 23.8 Å². The summed E-state index contributed by atoms with van der Waals surface area (Å²) in [5.74, 6) is 0.847. The molecule has 2 aromatic carbocycles. The lowest BCUT2D eigenvalue weighted by atomic mass is 9.74. The molecule has 150 valence electrons. The standard InChI is InChI=1S/C23H30N2O3/c1-2-28-20-10-8-19(9-11-20)23(12-14-27-15-13-23)17-25-22(26)16-21(24)18-6-4-3-5-7-18/h3-11,21H,2,12-17,24H2,1H3,(H,25,26). The highest BCUT2D eigenvalue weighted by Gasteiger charge is 2.35. The van der Waals surface area contributed by atoms with Crippen molar-refractivity contribution in [1.29, 1.82) is 0 Å². The van der Waals surface area contributed by atoms with Crippen LogP contribution in [0.5, 0.6) is 5.75 Å². The summed E-state index contributed by atoms with van der Waals surface area (Å²) in [7, 11) is 0. The van der Waals surface area contributed by atoms with Gasteiger partial charge in [-0.2, -0.15) is 0 Å². The largest absolute Gasteiger partial charge is 0.494 e. The van der Waals surface area contributed by atoms with Crippen molar-refractivity contribution in [3.05, 3.63) is 65.7 Å². The molecule has 2 aromatic rings. The summed E-state index contributed by atoms with van der Waals surface area (Å²) in [5.41, 5.74) is 8.28. The molecule has 1 aliphatic heterocycles. The average Bonchev–Trinajstić information content (AvgIpc) is 2.74. The Kier molecular flexibility index (Phi) is 7.06. The van der Waals surface area contributed by atoms with Crippen molar-refractivity contribution in [3.63, 3.8) is 0 Å². The van der Waals surface area contributed by atoms with Crippen molar-refractivity contribution in [1.82, 2.24) is 5.32 Å². The maximum absolute atomic E-state index is 12.5. The smallest absolute Gasteiger partial charge is 0.221 e. The van der Waals surface area contributed by atoms with E-state index in [1.54, 1.807) is 0 Å². The number of carbonyl (C=O) groups excluding carboxylic acids is 1. The molecule has 3 rings (SSSR count). The summed E-state index contributed by atoms with van der Waals surface area (Å²) in [4.78, 5) is 12.5. The van der Waals surface area contributed by atoms with E-state index in [1.165, 1.54) is 5.56 Å². The van der Waals surface area contributed by atoms with E-state index < -0.39 is 0 Å². The van der Waals surface area contributed by atoms with Gasteiger partial charge >= 0.3 is 0 Å². The lowest BCUT2D eigenvalue weighted by molar-refractivity contribution is -0.122. The molecular formula is C23H30N2O3. The Morgan fingerprint density at radius 3 is 2.46 bits per heavy atom. The molecule has 0 aromatic heterocycles. The molecule has 0 bridgehead atoms. The topological polar surface area (TPSA) is 73.6 Å². The first-order valence-electron chi connectivity index (χ1n) is 10.0. The van der Waals surface area contributed by atoms with Crippen LogP contribution in [0.15, 0.2) is 54.6 Å². The van der Waals surface area contributed by atoms with Gasteiger partial charge in [-0.3, -0.25) is 4.79 Å².